The van der Waals surface area contributed by atoms with Crippen LogP contribution in [0.4, 0.5) is 10.2 Å². The predicted octanol–water partition coefficient (Wildman–Crippen LogP) is 2.44. The minimum absolute atomic E-state index is 0.00973. The van der Waals surface area contributed by atoms with Gasteiger partial charge in [-0.05, 0) is 37.1 Å². The molecule has 0 aliphatic carbocycles. The maximum Gasteiger partial charge on any atom is 0.270 e. The molecule has 2 aliphatic rings. The molecule has 138 valence electrons. The van der Waals surface area contributed by atoms with E-state index < -0.39 is 0 Å². The van der Waals surface area contributed by atoms with Gasteiger partial charge in [-0.15, -0.1) is 0 Å². The number of carbonyl (C=O) groups excluding carboxylic acids is 1. The number of likely N-dealkylation sites (tertiary alicyclic amines) is 1. The lowest BCUT2D eigenvalue weighted by molar-refractivity contribution is -0.0449. The molecular formula is C19H23FN4O2. The Labute approximate surface area is 152 Å². The lowest BCUT2D eigenvalue weighted by Gasteiger charge is -2.39. The van der Waals surface area contributed by atoms with Crippen LogP contribution in [-0.2, 0) is 11.8 Å². The number of nitrogens with zero attached hydrogens (tertiary/aromatic N) is 3. The van der Waals surface area contributed by atoms with E-state index in [1.54, 1.807) is 12.3 Å². The van der Waals surface area contributed by atoms with Crippen molar-refractivity contribution >= 4 is 11.7 Å². The number of carbonyl (C=O) groups is 1. The summed E-state index contributed by atoms with van der Waals surface area (Å²) in [6, 6.07) is 6.67. The first-order valence-corrected chi connectivity index (χ1v) is 8.98. The highest BCUT2D eigenvalue weighted by atomic mass is 19.1. The number of amides is 1. The molecule has 1 N–H and O–H groups in total. The molecule has 2 aliphatic heterocycles. The van der Waals surface area contributed by atoms with Crippen molar-refractivity contribution in [2.75, 3.05) is 25.0 Å². The first-order valence-electron chi connectivity index (χ1n) is 8.98. The Morgan fingerprint density at radius 3 is 3.08 bits per heavy atom. The van der Waals surface area contributed by atoms with E-state index in [0.29, 0.717) is 18.8 Å². The Morgan fingerprint density at radius 1 is 1.42 bits per heavy atom. The van der Waals surface area contributed by atoms with Crippen LogP contribution in [0.3, 0.4) is 0 Å². The van der Waals surface area contributed by atoms with Crippen LogP contribution in [0.2, 0.25) is 0 Å². The molecule has 2 saturated heterocycles. The monoisotopic (exact) mass is 358 g/mol. The van der Waals surface area contributed by atoms with E-state index in [9.17, 15) is 9.18 Å². The second-order valence-corrected chi connectivity index (χ2v) is 7.21. The average Bonchev–Trinajstić information content (AvgIpc) is 3.23. The molecule has 0 radical (unpaired) electrons. The van der Waals surface area contributed by atoms with Crippen molar-refractivity contribution in [3.63, 3.8) is 0 Å². The van der Waals surface area contributed by atoms with Gasteiger partial charge in [0.25, 0.3) is 5.91 Å². The minimum Gasteiger partial charge on any atom is -0.371 e. The average molecular weight is 358 g/mol. The number of piperidine rings is 1. The first-order chi connectivity index (χ1) is 12.6. The van der Waals surface area contributed by atoms with E-state index in [2.05, 4.69) is 10.3 Å². The van der Waals surface area contributed by atoms with E-state index in [-0.39, 0.29) is 29.2 Å². The summed E-state index contributed by atoms with van der Waals surface area (Å²) in [6.45, 7) is 1.80. The maximum absolute atomic E-state index is 13.8. The molecule has 2 fully saturated rings. The van der Waals surface area contributed by atoms with Gasteiger partial charge in [-0.3, -0.25) is 4.79 Å². The molecule has 2 aromatic heterocycles. The summed E-state index contributed by atoms with van der Waals surface area (Å²) >= 11 is 0. The largest absolute Gasteiger partial charge is 0.371 e. The van der Waals surface area contributed by atoms with Crippen LogP contribution in [0.1, 0.15) is 29.8 Å². The quantitative estimate of drug-likeness (QED) is 0.916. The van der Waals surface area contributed by atoms with Gasteiger partial charge in [0.05, 0.1) is 24.8 Å². The Hall–Kier alpha value is -2.41. The fraction of sp³-hybridized carbons (Fsp3) is 0.474. The molecule has 2 atom stereocenters. The van der Waals surface area contributed by atoms with Crippen LogP contribution in [-0.4, -0.2) is 51.7 Å². The Balaban J connectivity index is 1.43. The zero-order valence-electron chi connectivity index (χ0n) is 14.8. The molecule has 1 amide bonds. The SMILES string of the molecule is Cn1cccc1C(=O)N1CCC[C@@]2(C[C@H](Nc3ncccc3F)CO2)C1. The second kappa shape index (κ2) is 6.72. The highest BCUT2D eigenvalue weighted by molar-refractivity contribution is 5.92. The number of aryl methyl sites for hydroxylation is 1. The number of anilines is 1. The lowest BCUT2D eigenvalue weighted by Crippen LogP contribution is -2.50. The number of nitrogens with one attached hydrogen (secondary N) is 1. The molecule has 4 heterocycles. The smallest absolute Gasteiger partial charge is 0.270 e. The van der Waals surface area contributed by atoms with Crippen molar-refractivity contribution in [2.45, 2.75) is 30.9 Å². The number of hydrogen-bond acceptors (Lipinski definition) is 4. The fourth-order valence-electron chi connectivity index (χ4n) is 4.02. The molecule has 1 spiro atoms. The molecule has 6 nitrogen and oxygen atoms in total. The third kappa shape index (κ3) is 3.19. The number of halogens is 1. The summed E-state index contributed by atoms with van der Waals surface area (Å²) in [6.07, 6.45) is 5.99. The summed E-state index contributed by atoms with van der Waals surface area (Å²) in [5, 5.41) is 3.14. The number of hydrogen-bond donors (Lipinski definition) is 1. The topological polar surface area (TPSA) is 59.4 Å². The maximum atomic E-state index is 13.8. The molecular weight excluding hydrogens is 335 g/mol. The number of ether oxygens (including phenoxy) is 1. The van der Waals surface area contributed by atoms with Crippen molar-refractivity contribution in [3.8, 4) is 0 Å². The zero-order chi connectivity index (χ0) is 18.1. The van der Waals surface area contributed by atoms with E-state index >= 15 is 0 Å². The van der Waals surface area contributed by atoms with Crippen LogP contribution in [0.25, 0.3) is 0 Å². The van der Waals surface area contributed by atoms with Gasteiger partial charge in [0.15, 0.2) is 11.6 Å². The molecule has 26 heavy (non-hydrogen) atoms. The van der Waals surface area contributed by atoms with Crippen LogP contribution in [0.5, 0.6) is 0 Å². The van der Waals surface area contributed by atoms with Crippen LogP contribution < -0.4 is 5.32 Å². The van der Waals surface area contributed by atoms with E-state index in [1.165, 1.54) is 6.07 Å². The predicted molar refractivity (Wildman–Crippen MR) is 95.5 cm³/mol. The molecule has 0 aromatic carbocycles. The van der Waals surface area contributed by atoms with Gasteiger partial charge in [0.1, 0.15) is 5.69 Å². The van der Waals surface area contributed by atoms with Gasteiger partial charge >= 0.3 is 0 Å². The Bertz CT molecular complexity index is 808. The molecule has 7 heteroatoms. The first kappa shape index (κ1) is 17.0. The number of aromatic nitrogens is 2. The number of pyridine rings is 1. The standard InChI is InChI=1S/C19H23FN4O2/c1-23-9-3-6-16(23)18(25)24-10-4-7-19(13-24)11-14(12-26-19)22-17-15(20)5-2-8-21-17/h2-3,5-6,8-9,14H,4,7,10-13H2,1H3,(H,21,22)/t14-,19+/m0/s1. The zero-order valence-corrected chi connectivity index (χ0v) is 14.8. The fourth-order valence-corrected chi connectivity index (χ4v) is 4.02. The van der Waals surface area contributed by atoms with Crippen molar-refractivity contribution in [1.82, 2.24) is 14.5 Å². The summed E-state index contributed by atoms with van der Waals surface area (Å²) in [5.74, 6) is -0.0735. The van der Waals surface area contributed by atoms with Crippen LogP contribution >= 0.6 is 0 Å². The summed E-state index contributed by atoms with van der Waals surface area (Å²) in [7, 11) is 1.88. The highest BCUT2D eigenvalue weighted by Gasteiger charge is 2.45. The van der Waals surface area contributed by atoms with Gasteiger partial charge in [-0.2, -0.15) is 0 Å². The molecule has 0 bridgehead atoms. The Morgan fingerprint density at radius 2 is 2.31 bits per heavy atom. The summed E-state index contributed by atoms with van der Waals surface area (Å²) in [5.41, 5.74) is 0.326. The third-order valence-corrected chi connectivity index (χ3v) is 5.30. The lowest BCUT2D eigenvalue weighted by atomic mass is 9.88. The Kier molecular flexibility index (Phi) is 4.40. The van der Waals surface area contributed by atoms with Gasteiger partial charge in [0.2, 0.25) is 0 Å². The van der Waals surface area contributed by atoms with Gasteiger partial charge in [0, 0.05) is 32.4 Å². The van der Waals surface area contributed by atoms with E-state index in [0.717, 1.165) is 25.8 Å². The highest BCUT2D eigenvalue weighted by Crippen LogP contribution is 2.36. The number of rotatable bonds is 3. The normalized spacial score (nSPS) is 25.6. The van der Waals surface area contributed by atoms with E-state index in [4.69, 9.17) is 4.74 Å². The third-order valence-electron chi connectivity index (χ3n) is 5.30. The van der Waals surface area contributed by atoms with Gasteiger partial charge in [-0.25, -0.2) is 9.37 Å². The van der Waals surface area contributed by atoms with Gasteiger partial charge in [-0.1, -0.05) is 0 Å². The van der Waals surface area contributed by atoms with Crippen molar-refractivity contribution in [2.24, 2.45) is 7.05 Å². The molecule has 4 rings (SSSR count). The van der Waals surface area contributed by atoms with Gasteiger partial charge < -0.3 is 19.5 Å². The van der Waals surface area contributed by atoms with Crippen LogP contribution in [0, 0.1) is 5.82 Å². The van der Waals surface area contributed by atoms with Crippen molar-refractivity contribution in [1.29, 1.82) is 0 Å². The van der Waals surface area contributed by atoms with Crippen LogP contribution in [0.15, 0.2) is 36.7 Å². The second-order valence-electron chi connectivity index (χ2n) is 7.21. The minimum atomic E-state index is -0.363. The summed E-state index contributed by atoms with van der Waals surface area (Å²) < 4.78 is 21.8. The summed E-state index contributed by atoms with van der Waals surface area (Å²) in [4.78, 5) is 18.7. The van der Waals surface area contributed by atoms with Crippen molar-refractivity contribution < 1.29 is 13.9 Å². The molecule has 2 aromatic rings. The van der Waals surface area contributed by atoms with E-state index in [1.807, 2.05) is 34.8 Å². The molecule has 0 saturated carbocycles. The molecule has 0 unspecified atom stereocenters. The van der Waals surface area contributed by atoms with Crippen molar-refractivity contribution in [3.05, 3.63) is 48.2 Å².